The van der Waals surface area contributed by atoms with Crippen LogP contribution in [0.4, 0.5) is 0 Å². The standard InChI is InChI=1S/C9H13N3O2/c1-10-8(13)4-2-6-12-7-3-5-11-9(12)14/h3,5,7H,2,4,6H2,1H3,(H,10,13). The van der Waals surface area contributed by atoms with E-state index in [4.69, 9.17) is 0 Å². The monoisotopic (exact) mass is 195 g/mol. The Kier molecular flexibility index (Phi) is 3.84. The fraction of sp³-hybridized carbons (Fsp3) is 0.444. The van der Waals surface area contributed by atoms with Crippen molar-refractivity contribution in [2.75, 3.05) is 7.05 Å². The third-order valence-electron chi connectivity index (χ3n) is 1.86. The lowest BCUT2D eigenvalue weighted by molar-refractivity contribution is -0.120. The summed E-state index contributed by atoms with van der Waals surface area (Å²) in [6.45, 7) is 0.528. The van der Waals surface area contributed by atoms with Gasteiger partial charge in [0.05, 0.1) is 0 Å². The zero-order chi connectivity index (χ0) is 10.4. The molecule has 1 heterocycles. The molecule has 0 unspecified atom stereocenters. The van der Waals surface area contributed by atoms with Gasteiger partial charge >= 0.3 is 5.69 Å². The largest absolute Gasteiger partial charge is 0.359 e. The molecule has 0 aliphatic carbocycles. The molecule has 0 saturated heterocycles. The number of hydrogen-bond donors (Lipinski definition) is 1. The van der Waals surface area contributed by atoms with Crippen LogP contribution in [-0.2, 0) is 11.3 Å². The summed E-state index contributed by atoms with van der Waals surface area (Å²) in [7, 11) is 1.60. The van der Waals surface area contributed by atoms with Crippen LogP contribution in [0.3, 0.4) is 0 Å². The van der Waals surface area contributed by atoms with Gasteiger partial charge in [0.1, 0.15) is 0 Å². The maximum Gasteiger partial charge on any atom is 0.347 e. The fourth-order valence-corrected chi connectivity index (χ4v) is 1.09. The average molecular weight is 195 g/mol. The van der Waals surface area contributed by atoms with Crippen LogP contribution in [0.2, 0.25) is 0 Å². The van der Waals surface area contributed by atoms with E-state index >= 15 is 0 Å². The van der Waals surface area contributed by atoms with Gasteiger partial charge in [-0.1, -0.05) is 0 Å². The Labute approximate surface area is 81.8 Å². The molecular formula is C9H13N3O2. The molecule has 1 aromatic heterocycles. The van der Waals surface area contributed by atoms with Gasteiger partial charge in [-0.3, -0.25) is 9.36 Å². The van der Waals surface area contributed by atoms with Crippen molar-refractivity contribution in [1.29, 1.82) is 0 Å². The van der Waals surface area contributed by atoms with Crippen molar-refractivity contribution in [3.05, 3.63) is 28.9 Å². The SMILES string of the molecule is CNC(=O)CCCn1cccnc1=O. The number of nitrogens with one attached hydrogen (secondary N) is 1. The van der Waals surface area contributed by atoms with Crippen LogP contribution >= 0.6 is 0 Å². The van der Waals surface area contributed by atoms with Crippen LogP contribution in [0.25, 0.3) is 0 Å². The number of rotatable bonds is 4. The van der Waals surface area contributed by atoms with E-state index < -0.39 is 0 Å². The Morgan fingerprint density at radius 2 is 2.43 bits per heavy atom. The number of carbonyl (C=O) groups excluding carboxylic acids is 1. The van der Waals surface area contributed by atoms with E-state index in [1.54, 1.807) is 19.3 Å². The lowest BCUT2D eigenvalue weighted by Gasteiger charge is -2.02. The van der Waals surface area contributed by atoms with Gasteiger partial charge in [0.25, 0.3) is 0 Å². The lowest BCUT2D eigenvalue weighted by atomic mass is 10.3. The van der Waals surface area contributed by atoms with Crippen LogP contribution < -0.4 is 11.0 Å². The minimum absolute atomic E-state index is 0.0121. The zero-order valence-electron chi connectivity index (χ0n) is 8.06. The third kappa shape index (κ3) is 3.01. The highest BCUT2D eigenvalue weighted by atomic mass is 16.2. The molecule has 76 valence electrons. The summed E-state index contributed by atoms with van der Waals surface area (Å²) in [5.74, 6) is -0.0121. The topological polar surface area (TPSA) is 64.0 Å². The number of hydrogen-bond acceptors (Lipinski definition) is 3. The molecule has 0 radical (unpaired) electrons. The zero-order valence-corrected chi connectivity index (χ0v) is 8.06. The van der Waals surface area contributed by atoms with Crippen LogP contribution in [0.15, 0.2) is 23.3 Å². The lowest BCUT2D eigenvalue weighted by Crippen LogP contribution is -2.23. The van der Waals surface area contributed by atoms with Gasteiger partial charge in [0, 0.05) is 32.4 Å². The van der Waals surface area contributed by atoms with Gasteiger partial charge in [-0.15, -0.1) is 0 Å². The molecule has 5 nitrogen and oxygen atoms in total. The van der Waals surface area contributed by atoms with E-state index in [1.807, 2.05) is 0 Å². The number of nitrogens with zero attached hydrogens (tertiary/aromatic N) is 2. The molecule has 14 heavy (non-hydrogen) atoms. The molecule has 1 aromatic rings. The minimum atomic E-state index is -0.274. The average Bonchev–Trinajstić information content (AvgIpc) is 2.20. The third-order valence-corrected chi connectivity index (χ3v) is 1.86. The number of aryl methyl sites for hydroxylation is 1. The van der Waals surface area contributed by atoms with E-state index in [0.29, 0.717) is 19.4 Å². The Hall–Kier alpha value is -1.65. The summed E-state index contributed by atoms with van der Waals surface area (Å²) in [4.78, 5) is 25.6. The summed E-state index contributed by atoms with van der Waals surface area (Å²) >= 11 is 0. The van der Waals surface area contributed by atoms with Crippen LogP contribution in [-0.4, -0.2) is 22.5 Å². The maximum absolute atomic E-state index is 11.1. The minimum Gasteiger partial charge on any atom is -0.359 e. The maximum atomic E-state index is 11.1. The smallest absolute Gasteiger partial charge is 0.347 e. The second kappa shape index (κ2) is 5.16. The van der Waals surface area contributed by atoms with E-state index in [2.05, 4.69) is 10.3 Å². The molecule has 1 rings (SSSR count). The highest BCUT2D eigenvalue weighted by Gasteiger charge is 1.99. The van der Waals surface area contributed by atoms with Gasteiger partial charge in [-0.05, 0) is 12.5 Å². The summed E-state index contributed by atoms with van der Waals surface area (Å²) in [6, 6.07) is 1.70. The van der Waals surface area contributed by atoms with E-state index in [0.717, 1.165) is 0 Å². The highest BCUT2D eigenvalue weighted by Crippen LogP contribution is 1.91. The molecular weight excluding hydrogens is 182 g/mol. The van der Waals surface area contributed by atoms with Crippen molar-refractivity contribution in [3.8, 4) is 0 Å². The summed E-state index contributed by atoms with van der Waals surface area (Å²) in [5, 5.41) is 2.52. The quantitative estimate of drug-likeness (QED) is 0.721. The number of amides is 1. The van der Waals surface area contributed by atoms with E-state index in [1.165, 1.54) is 10.8 Å². The van der Waals surface area contributed by atoms with E-state index in [-0.39, 0.29) is 11.6 Å². The second-order valence-corrected chi connectivity index (χ2v) is 2.87. The predicted molar refractivity (Wildman–Crippen MR) is 51.8 cm³/mol. The van der Waals surface area contributed by atoms with Crippen molar-refractivity contribution in [1.82, 2.24) is 14.9 Å². The molecule has 0 spiro atoms. The Balaban J connectivity index is 2.43. The molecule has 0 saturated carbocycles. The molecule has 5 heteroatoms. The van der Waals surface area contributed by atoms with Crippen molar-refractivity contribution >= 4 is 5.91 Å². The van der Waals surface area contributed by atoms with Crippen molar-refractivity contribution in [3.63, 3.8) is 0 Å². The van der Waals surface area contributed by atoms with E-state index in [9.17, 15) is 9.59 Å². The molecule has 0 aromatic carbocycles. The molecule has 0 atom stereocenters. The van der Waals surface area contributed by atoms with Crippen molar-refractivity contribution < 1.29 is 4.79 Å². The van der Waals surface area contributed by atoms with Crippen LogP contribution in [0, 0.1) is 0 Å². The van der Waals surface area contributed by atoms with Gasteiger partial charge < -0.3 is 5.32 Å². The second-order valence-electron chi connectivity index (χ2n) is 2.87. The van der Waals surface area contributed by atoms with Crippen LogP contribution in [0.1, 0.15) is 12.8 Å². The molecule has 0 bridgehead atoms. The highest BCUT2D eigenvalue weighted by molar-refractivity contribution is 5.75. The first-order valence-corrected chi connectivity index (χ1v) is 4.46. The molecule has 0 aliphatic rings. The predicted octanol–water partition coefficient (Wildman–Crippen LogP) is -0.231. The molecule has 0 fully saturated rings. The molecule has 1 N–H and O–H groups in total. The number of aromatic nitrogens is 2. The van der Waals surface area contributed by atoms with Crippen LogP contribution in [0.5, 0.6) is 0 Å². The molecule has 1 amide bonds. The first-order chi connectivity index (χ1) is 6.74. The first-order valence-electron chi connectivity index (χ1n) is 4.46. The summed E-state index contributed by atoms with van der Waals surface area (Å²) in [6.07, 6.45) is 4.19. The Morgan fingerprint density at radius 1 is 1.64 bits per heavy atom. The molecule has 0 aliphatic heterocycles. The Bertz CT molecular complexity index is 359. The van der Waals surface area contributed by atoms with Crippen molar-refractivity contribution in [2.24, 2.45) is 0 Å². The van der Waals surface area contributed by atoms with Crippen molar-refractivity contribution in [2.45, 2.75) is 19.4 Å². The first kappa shape index (κ1) is 10.4. The van der Waals surface area contributed by atoms with Gasteiger partial charge in [0.2, 0.25) is 5.91 Å². The number of carbonyl (C=O) groups is 1. The van der Waals surface area contributed by atoms with Gasteiger partial charge in [-0.25, -0.2) is 9.78 Å². The fourth-order valence-electron chi connectivity index (χ4n) is 1.09. The summed E-state index contributed by atoms with van der Waals surface area (Å²) in [5.41, 5.74) is -0.274. The normalized spacial score (nSPS) is 9.79. The summed E-state index contributed by atoms with van der Waals surface area (Å²) < 4.78 is 1.49. The Morgan fingerprint density at radius 3 is 3.07 bits per heavy atom. The van der Waals surface area contributed by atoms with Gasteiger partial charge in [0.15, 0.2) is 0 Å². The van der Waals surface area contributed by atoms with Gasteiger partial charge in [-0.2, -0.15) is 0 Å².